The van der Waals surface area contributed by atoms with Crippen molar-refractivity contribution < 1.29 is 4.52 Å². The molecule has 1 fully saturated rings. The summed E-state index contributed by atoms with van der Waals surface area (Å²) in [5.74, 6) is 1.78. The highest BCUT2D eigenvalue weighted by atomic mass is 16.5. The van der Waals surface area contributed by atoms with Gasteiger partial charge in [0.05, 0.1) is 5.54 Å². The average Bonchev–Trinajstić information content (AvgIpc) is 2.85. The van der Waals surface area contributed by atoms with Crippen molar-refractivity contribution in [2.24, 2.45) is 5.73 Å². The zero-order chi connectivity index (χ0) is 10.9. The first kappa shape index (κ1) is 10.6. The van der Waals surface area contributed by atoms with E-state index in [1.807, 2.05) is 0 Å². The van der Waals surface area contributed by atoms with Crippen molar-refractivity contribution in [3.63, 3.8) is 0 Å². The number of hydrogen-bond acceptors (Lipinski definition) is 4. The van der Waals surface area contributed by atoms with Crippen LogP contribution in [0.15, 0.2) is 4.52 Å². The van der Waals surface area contributed by atoms with Crippen LogP contribution in [0.4, 0.5) is 0 Å². The van der Waals surface area contributed by atoms with E-state index in [2.05, 4.69) is 24.0 Å². The molecule has 0 saturated heterocycles. The van der Waals surface area contributed by atoms with Crippen LogP contribution >= 0.6 is 0 Å². The fourth-order valence-corrected chi connectivity index (χ4v) is 2.04. The van der Waals surface area contributed by atoms with Gasteiger partial charge in [-0.25, -0.2) is 0 Å². The molecule has 0 aliphatic heterocycles. The fourth-order valence-electron chi connectivity index (χ4n) is 2.04. The second-order valence-electron chi connectivity index (χ2n) is 4.63. The molecule has 1 aliphatic rings. The minimum atomic E-state index is -0.349. The van der Waals surface area contributed by atoms with Gasteiger partial charge in [0.2, 0.25) is 5.89 Å². The summed E-state index contributed by atoms with van der Waals surface area (Å²) < 4.78 is 5.29. The highest BCUT2D eigenvalue weighted by Gasteiger charge is 2.37. The van der Waals surface area contributed by atoms with E-state index >= 15 is 0 Å². The van der Waals surface area contributed by atoms with Gasteiger partial charge in [-0.3, -0.25) is 0 Å². The summed E-state index contributed by atoms with van der Waals surface area (Å²) in [4.78, 5) is 4.43. The lowest BCUT2D eigenvalue weighted by Crippen LogP contribution is -2.33. The topological polar surface area (TPSA) is 64.9 Å². The van der Waals surface area contributed by atoms with Gasteiger partial charge in [0.15, 0.2) is 5.82 Å². The maximum Gasteiger partial charge on any atom is 0.246 e. The SMILES string of the molecule is CCC(C)c1noc(C2(N)CCCC2)n1. The van der Waals surface area contributed by atoms with Gasteiger partial charge in [-0.1, -0.05) is 31.8 Å². The predicted octanol–water partition coefficient (Wildman–Crippen LogP) is 2.31. The Morgan fingerprint density at radius 1 is 1.47 bits per heavy atom. The van der Waals surface area contributed by atoms with Crippen molar-refractivity contribution in [1.82, 2.24) is 10.1 Å². The average molecular weight is 209 g/mol. The van der Waals surface area contributed by atoms with Gasteiger partial charge in [-0.15, -0.1) is 0 Å². The molecule has 1 saturated carbocycles. The van der Waals surface area contributed by atoms with Gasteiger partial charge in [0.1, 0.15) is 0 Å². The first-order chi connectivity index (χ1) is 7.15. The van der Waals surface area contributed by atoms with Crippen LogP contribution < -0.4 is 5.73 Å². The van der Waals surface area contributed by atoms with Gasteiger partial charge in [0, 0.05) is 5.92 Å². The molecule has 4 heteroatoms. The largest absolute Gasteiger partial charge is 0.337 e. The number of hydrogen-bond donors (Lipinski definition) is 1. The molecule has 0 radical (unpaired) electrons. The van der Waals surface area contributed by atoms with Crippen LogP contribution in [0.5, 0.6) is 0 Å². The van der Waals surface area contributed by atoms with Crippen LogP contribution in [-0.2, 0) is 5.54 Å². The maximum atomic E-state index is 6.24. The van der Waals surface area contributed by atoms with E-state index in [4.69, 9.17) is 10.3 Å². The van der Waals surface area contributed by atoms with Crippen LogP contribution in [-0.4, -0.2) is 10.1 Å². The van der Waals surface area contributed by atoms with Crippen LogP contribution in [0.2, 0.25) is 0 Å². The van der Waals surface area contributed by atoms with Crippen molar-refractivity contribution in [3.05, 3.63) is 11.7 Å². The quantitative estimate of drug-likeness (QED) is 0.829. The second kappa shape index (κ2) is 3.93. The first-order valence-corrected chi connectivity index (χ1v) is 5.78. The number of nitrogens with zero attached hydrogens (tertiary/aromatic N) is 2. The summed E-state index contributed by atoms with van der Waals surface area (Å²) in [6, 6.07) is 0. The molecule has 2 rings (SSSR count). The van der Waals surface area contributed by atoms with Crippen molar-refractivity contribution in [3.8, 4) is 0 Å². The molecular formula is C11H19N3O. The standard InChI is InChI=1S/C11H19N3O/c1-3-8(2)9-13-10(15-14-9)11(12)6-4-5-7-11/h8H,3-7,12H2,1-2H3. The van der Waals surface area contributed by atoms with Gasteiger partial charge < -0.3 is 10.3 Å². The third-order valence-electron chi connectivity index (χ3n) is 3.42. The molecule has 0 spiro atoms. The molecule has 1 aromatic rings. The Hall–Kier alpha value is -0.900. The Bertz CT molecular complexity index is 328. The molecule has 2 N–H and O–H groups in total. The Morgan fingerprint density at radius 3 is 2.73 bits per heavy atom. The van der Waals surface area contributed by atoms with Crippen LogP contribution in [0.1, 0.15) is 63.6 Å². The van der Waals surface area contributed by atoms with Crippen molar-refractivity contribution in [1.29, 1.82) is 0 Å². The summed E-state index contributed by atoms with van der Waals surface area (Å²) in [7, 11) is 0. The summed E-state index contributed by atoms with van der Waals surface area (Å²) in [6.45, 7) is 4.22. The van der Waals surface area contributed by atoms with Crippen molar-refractivity contribution in [2.45, 2.75) is 57.4 Å². The van der Waals surface area contributed by atoms with Gasteiger partial charge in [-0.2, -0.15) is 4.98 Å². The zero-order valence-electron chi connectivity index (χ0n) is 9.49. The van der Waals surface area contributed by atoms with E-state index in [0.717, 1.165) is 37.9 Å². The first-order valence-electron chi connectivity index (χ1n) is 5.78. The smallest absolute Gasteiger partial charge is 0.246 e. The van der Waals surface area contributed by atoms with Gasteiger partial charge >= 0.3 is 0 Å². The van der Waals surface area contributed by atoms with E-state index in [9.17, 15) is 0 Å². The highest BCUT2D eigenvalue weighted by molar-refractivity contribution is 5.06. The third-order valence-corrected chi connectivity index (χ3v) is 3.42. The van der Waals surface area contributed by atoms with Crippen molar-refractivity contribution >= 4 is 0 Å². The Kier molecular flexibility index (Phi) is 2.78. The predicted molar refractivity (Wildman–Crippen MR) is 57.3 cm³/mol. The summed E-state index contributed by atoms with van der Waals surface area (Å²) >= 11 is 0. The summed E-state index contributed by atoms with van der Waals surface area (Å²) in [6.07, 6.45) is 5.29. The number of nitrogens with two attached hydrogens (primary N) is 1. The fraction of sp³-hybridized carbons (Fsp3) is 0.818. The molecule has 0 bridgehead atoms. The van der Waals surface area contributed by atoms with Crippen molar-refractivity contribution in [2.75, 3.05) is 0 Å². The Morgan fingerprint density at radius 2 is 2.13 bits per heavy atom. The lowest BCUT2D eigenvalue weighted by Gasteiger charge is -2.17. The molecule has 0 aromatic carbocycles. The van der Waals surface area contributed by atoms with Crippen LogP contribution in [0.3, 0.4) is 0 Å². The second-order valence-corrected chi connectivity index (χ2v) is 4.63. The lowest BCUT2D eigenvalue weighted by atomic mass is 9.99. The van der Waals surface area contributed by atoms with Crippen LogP contribution in [0.25, 0.3) is 0 Å². The minimum Gasteiger partial charge on any atom is -0.337 e. The number of aromatic nitrogens is 2. The Labute approximate surface area is 90.2 Å². The Balaban J connectivity index is 2.19. The van der Waals surface area contributed by atoms with Crippen LogP contribution in [0, 0.1) is 0 Å². The molecule has 84 valence electrons. The lowest BCUT2D eigenvalue weighted by molar-refractivity contribution is 0.283. The zero-order valence-corrected chi connectivity index (χ0v) is 9.49. The van der Waals surface area contributed by atoms with E-state index in [0.29, 0.717) is 11.8 Å². The molecular weight excluding hydrogens is 190 g/mol. The molecule has 1 unspecified atom stereocenters. The molecule has 0 amide bonds. The normalized spacial score (nSPS) is 21.8. The van der Waals surface area contributed by atoms with E-state index in [1.54, 1.807) is 0 Å². The molecule has 1 aromatic heterocycles. The molecule has 4 nitrogen and oxygen atoms in total. The van der Waals surface area contributed by atoms with Gasteiger partial charge in [-0.05, 0) is 19.3 Å². The summed E-state index contributed by atoms with van der Waals surface area (Å²) in [5.41, 5.74) is 5.89. The highest BCUT2D eigenvalue weighted by Crippen LogP contribution is 2.35. The molecule has 15 heavy (non-hydrogen) atoms. The maximum absolute atomic E-state index is 6.24. The molecule has 1 atom stereocenters. The van der Waals surface area contributed by atoms with E-state index in [1.165, 1.54) is 0 Å². The minimum absolute atomic E-state index is 0.349. The third kappa shape index (κ3) is 1.91. The summed E-state index contributed by atoms with van der Waals surface area (Å²) in [5, 5.41) is 4.01. The monoisotopic (exact) mass is 209 g/mol. The van der Waals surface area contributed by atoms with Gasteiger partial charge in [0.25, 0.3) is 0 Å². The van der Waals surface area contributed by atoms with E-state index in [-0.39, 0.29) is 5.54 Å². The number of rotatable bonds is 3. The molecule has 1 aliphatic carbocycles. The molecule has 1 heterocycles. The van der Waals surface area contributed by atoms with E-state index < -0.39 is 0 Å².